The van der Waals surface area contributed by atoms with Crippen molar-refractivity contribution in [2.45, 2.75) is 32.5 Å². The normalized spacial score (nSPS) is 20.4. The highest BCUT2D eigenvalue weighted by Gasteiger charge is 2.28. The zero-order valence-electron chi connectivity index (χ0n) is 13.7. The monoisotopic (exact) mass is 339 g/mol. The molecule has 0 amide bonds. The second-order valence-corrected chi connectivity index (χ2v) is 7.85. The Hall–Kier alpha value is -1.60. The molecule has 1 atom stereocenters. The SMILES string of the molecule is CCOCc1ccc(CNC(=NC)NC2CCS(=O)(=O)C2)cc1. The second-order valence-electron chi connectivity index (χ2n) is 5.62. The van der Waals surface area contributed by atoms with Crippen LogP contribution in [0.15, 0.2) is 29.3 Å². The smallest absolute Gasteiger partial charge is 0.191 e. The van der Waals surface area contributed by atoms with E-state index < -0.39 is 9.84 Å². The summed E-state index contributed by atoms with van der Waals surface area (Å²) in [5, 5.41) is 6.39. The third kappa shape index (κ3) is 5.84. The number of aliphatic imine (C=N–C) groups is 1. The molecule has 1 aromatic rings. The highest BCUT2D eigenvalue weighted by atomic mass is 32.2. The van der Waals surface area contributed by atoms with Gasteiger partial charge in [-0.15, -0.1) is 0 Å². The maximum Gasteiger partial charge on any atom is 0.191 e. The number of hydrogen-bond acceptors (Lipinski definition) is 4. The maximum atomic E-state index is 11.5. The lowest BCUT2D eigenvalue weighted by Crippen LogP contribution is -2.43. The number of nitrogens with one attached hydrogen (secondary N) is 2. The van der Waals surface area contributed by atoms with Crippen LogP contribution >= 0.6 is 0 Å². The minimum atomic E-state index is -2.89. The van der Waals surface area contributed by atoms with Crippen LogP contribution < -0.4 is 10.6 Å². The number of rotatable bonds is 6. The van der Waals surface area contributed by atoms with Crippen molar-refractivity contribution in [3.8, 4) is 0 Å². The van der Waals surface area contributed by atoms with Crippen LogP contribution in [0, 0.1) is 0 Å². The Morgan fingerprint density at radius 1 is 1.30 bits per heavy atom. The van der Waals surface area contributed by atoms with Gasteiger partial charge in [0.1, 0.15) is 0 Å². The topological polar surface area (TPSA) is 79.8 Å². The van der Waals surface area contributed by atoms with Crippen molar-refractivity contribution >= 4 is 15.8 Å². The molecule has 0 saturated carbocycles. The van der Waals surface area contributed by atoms with Crippen LogP contribution in [-0.2, 0) is 27.7 Å². The second kappa shape index (κ2) is 8.31. The first-order chi connectivity index (χ1) is 11.0. The summed E-state index contributed by atoms with van der Waals surface area (Å²) >= 11 is 0. The van der Waals surface area contributed by atoms with Gasteiger partial charge < -0.3 is 15.4 Å². The molecule has 1 fully saturated rings. The van der Waals surface area contributed by atoms with Crippen molar-refractivity contribution in [2.24, 2.45) is 4.99 Å². The van der Waals surface area contributed by atoms with E-state index in [2.05, 4.69) is 27.8 Å². The van der Waals surface area contributed by atoms with E-state index in [0.717, 1.165) is 11.1 Å². The molecule has 1 unspecified atom stereocenters. The number of benzene rings is 1. The van der Waals surface area contributed by atoms with Gasteiger partial charge in [0, 0.05) is 26.2 Å². The molecule has 2 rings (SSSR count). The fourth-order valence-electron chi connectivity index (χ4n) is 2.46. The van der Waals surface area contributed by atoms with Gasteiger partial charge in [-0.25, -0.2) is 8.42 Å². The van der Waals surface area contributed by atoms with E-state index in [-0.39, 0.29) is 17.5 Å². The summed E-state index contributed by atoms with van der Waals surface area (Å²) in [6, 6.07) is 8.14. The van der Waals surface area contributed by atoms with Crippen LogP contribution in [0.4, 0.5) is 0 Å². The Balaban J connectivity index is 1.81. The fourth-order valence-corrected chi connectivity index (χ4v) is 4.13. The number of guanidine groups is 1. The molecule has 6 nitrogen and oxygen atoms in total. The van der Waals surface area contributed by atoms with Crippen LogP contribution in [0.25, 0.3) is 0 Å². The van der Waals surface area contributed by atoms with Gasteiger partial charge in [0.2, 0.25) is 0 Å². The van der Waals surface area contributed by atoms with Gasteiger partial charge in [-0.1, -0.05) is 24.3 Å². The Bertz CT molecular complexity index is 626. The Kier molecular flexibility index (Phi) is 6.41. The molecule has 0 aliphatic carbocycles. The lowest BCUT2D eigenvalue weighted by atomic mass is 10.1. The molecule has 23 heavy (non-hydrogen) atoms. The molecule has 0 bridgehead atoms. The summed E-state index contributed by atoms with van der Waals surface area (Å²) < 4.78 is 28.3. The quantitative estimate of drug-likeness (QED) is 0.599. The van der Waals surface area contributed by atoms with Crippen LogP contribution in [-0.4, -0.2) is 45.6 Å². The fraction of sp³-hybridized carbons (Fsp3) is 0.562. The van der Waals surface area contributed by atoms with Crippen molar-refractivity contribution in [3.05, 3.63) is 35.4 Å². The molecule has 0 radical (unpaired) electrons. The van der Waals surface area contributed by atoms with Crippen LogP contribution in [0.5, 0.6) is 0 Å². The van der Waals surface area contributed by atoms with E-state index >= 15 is 0 Å². The largest absolute Gasteiger partial charge is 0.377 e. The van der Waals surface area contributed by atoms with E-state index in [4.69, 9.17) is 4.74 Å². The third-order valence-corrected chi connectivity index (χ3v) is 5.52. The summed E-state index contributed by atoms with van der Waals surface area (Å²) in [6.07, 6.45) is 0.634. The van der Waals surface area contributed by atoms with Gasteiger partial charge in [0.15, 0.2) is 15.8 Å². The third-order valence-electron chi connectivity index (χ3n) is 3.75. The summed E-state index contributed by atoms with van der Waals surface area (Å²) in [7, 11) is -1.20. The van der Waals surface area contributed by atoms with Crippen molar-refractivity contribution in [1.29, 1.82) is 0 Å². The lowest BCUT2D eigenvalue weighted by molar-refractivity contribution is 0.134. The molecule has 2 N–H and O–H groups in total. The van der Waals surface area contributed by atoms with Crippen molar-refractivity contribution in [1.82, 2.24) is 10.6 Å². The Labute approximate surface area is 138 Å². The molecule has 1 saturated heterocycles. The summed E-state index contributed by atoms with van der Waals surface area (Å²) in [6.45, 7) is 3.95. The number of sulfone groups is 1. The van der Waals surface area contributed by atoms with Crippen LogP contribution in [0.2, 0.25) is 0 Å². The minimum absolute atomic E-state index is 0.0558. The van der Waals surface area contributed by atoms with E-state index in [1.54, 1.807) is 7.05 Å². The van der Waals surface area contributed by atoms with E-state index in [1.807, 2.05) is 19.1 Å². The predicted octanol–water partition coefficient (Wildman–Crippen LogP) is 1.08. The molecule has 0 aromatic heterocycles. The highest BCUT2D eigenvalue weighted by molar-refractivity contribution is 7.91. The highest BCUT2D eigenvalue weighted by Crippen LogP contribution is 2.11. The van der Waals surface area contributed by atoms with Crippen molar-refractivity contribution < 1.29 is 13.2 Å². The first kappa shape index (κ1) is 17.7. The standard InChI is InChI=1S/C16H25N3O3S/c1-3-22-11-14-6-4-13(5-7-14)10-18-16(17-2)19-15-8-9-23(20,21)12-15/h4-7,15H,3,8-12H2,1-2H3,(H2,17,18,19). The molecule has 0 spiro atoms. The van der Waals surface area contributed by atoms with Crippen molar-refractivity contribution in [2.75, 3.05) is 25.2 Å². The summed E-state index contributed by atoms with van der Waals surface area (Å²) in [5.41, 5.74) is 2.28. The molecule has 128 valence electrons. The Morgan fingerprint density at radius 3 is 2.57 bits per heavy atom. The number of ether oxygens (including phenoxy) is 1. The maximum absolute atomic E-state index is 11.5. The van der Waals surface area contributed by atoms with E-state index in [9.17, 15) is 8.42 Å². The molecule has 1 aromatic carbocycles. The van der Waals surface area contributed by atoms with Gasteiger partial charge in [-0.3, -0.25) is 4.99 Å². The Morgan fingerprint density at radius 2 is 2.00 bits per heavy atom. The van der Waals surface area contributed by atoms with E-state index in [0.29, 0.717) is 32.1 Å². The van der Waals surface area contributed by atoms with Gasteiger partial charge in [-0.2, -0.15) is 0 Å². The summed E-state index contributed by atoms with van der Waals surface area (Å²) in [4.78, 5) is 4.15. The molecular formula is C16H25N3O3S. The van der Waals surface area contributed by atoms with E-state index in [1.165, 1.54) is 0 Å². The average Bonchev–Trinajstić information content (AvgIpc) is 2.89. The molecular weight excluding hydrogens is 314 g/mol. The van der Waals surface area contributed by atoms with Gasteiger partial charge >= 0.3 is 0 Å². The van der Waals surface area contributed by atoms with Gasteiger partial charge in [0.25, 0.3) is 0 Å². The first-order valence-corrected chi connectivity index (χ1v) is 9.67. The predicted molar refractivity (Wildman–Crippen MR) is 92.2 cm³/mol. The average molecular weight is 339 g/mol. The van der Waals surface area contributed by atoms with Crippen molar-refractivity contribution in [3.63, 3.8) is 0 Å². The molecule has 1 heterocycles. The first-order valence-electron chi connectivity index (χ1n) is 7.85. The van der Waals surface area contributed by atoms with Crippen LogP contribution in [0.1, 0.15) is 24.5 Å². The molecule has 1 aliphatic rings. The summed E-state index contributed by atoms with van der Waals surface area (Å²) in [5.74, 6) is 1.06. The molecule has 1 aliphatic heterocycles. The van der Waals surface area contributed by atoms with Gasteiger partial charge in [-0.05, 0) is 24.5 Å². The van der Waals surface area contributed by atoms with Gasteiger partial charge in [0.05, 0.1) is 18.1 Å². The minimum Gasteiger partial charge on any atom is -0.377 e. The number of hydrogen-bond donors (Lipinski definition) is 2. The lowest BCUT2D eigenvalue weighted by Gasteiger charge is -2.16. The van der Waals surface area contributed by atoms with Crippen LogP contribution in [0.3, 0.4) is 0 Å². The molecule has 7 heteroatoms. The number of nitrogens with zero attached hydrogens (tertiary/aromatic N) is 1. The zero-order chi connectivity index (χ0) is 16.7. The zero-order valence-corrected chi connectivity index (χ0v) is 14.5.